The second-order valence-electron chi connectivity index (χ2n) is 6.11. The molecule has 3 N–H and O–H groups in total. The highest BCUT2D eigenvalue weighted by molar-refractivity contribution is 5.99. The summed E-state index contributed by atoms with van der Waals surface area (Å²) in [6, 6.07) is 20.3. The van der Waals surface area contributed by atoms with Crippen LogP contribution in [0.2, 0.25) is 0 Å². The average molecular weight is 359 g/mol. The van der Waals surface area contributed by atoms with Gasteiger partial charge >= 0.3 is 0 Å². The normalized spacial score (nSPS) is 10.7. The zero-order valence-electron chi connectivity index (χ0n) is 14.6. The lowest BCUT2D eigenvalue weighted by atomic mass is 10.1. The van der Waals surface area contributed by atoms with Crippen LogP contribution >= 0.6 is 0 Å². The van der Waals surface area contributed by atoms with Crippen LogP contribution in [0, 0.1) is 6.92 Å². The molecule has 134 valence electrons. The van der Waals surface area contributed by atoms with Crippen LogP contribution in [-0.4, -0.2) is 21.1 Å². The maximum atomic E-state index is 11.8. The first-order chi connectivity index (χ1) is 13.1. The van der Waals surface area contributed by atoms with Crippen molar-refractivity contribution < 1.29 is 9.63 Å². The van der Waals surface area contributed by atoms with Crippen molar-refractivity contribution in [3.8, 4) is 5.75 Å². The molecule has 7 heteroatoms. The molecule has 0 saturated carbocycles. The van der Waals surface area contributed by atoms with Crippen molar-refractivity contribution >= 4 is 28.3 Å². The van der Waals surface area contributed by atoms with Crippen molar-refractivity contribution in [3.05, 3.63) is 77.9 Å². The number of primary amides is 1. The van der Waals surface area contributed by atoms with Crippen LogP contribution in [0.3, 0.4) is 0 Å². The van der Waals surface area contributed by atoms with Crippen molar-refractivity contribution in [2.75, 3.05) is 5.32 Å². The zero-order valence-corrected chi connectivity index (χ0v) is 14.6. The Balaban J connectivity index is 1.69. The lowest BCUT2D eigenvalue weighted by molar-refractivity contribution is 0.100. The molecular weight excluding hydrogens is 342 g/mol. The number of aryl methyl sites for hydroxylation is 1. The van der Waals surface area contributed by atoms with E-state index in [0.29, 0.717) is 17.0 Å². The molecule has 0 bridgehead atoms. The highest BCUT2D eigenvalue weighted by Gasteiger charge is 2.12. The molecule has 1 amide bonds. The fourth-order valence-corrected chi connectivity index (χ4v) is 2.79. The molecule has 0 spiro atoms. The number of carbonyl (C=O) groups excluding carboxylic acids is 1. The molecule has 0 atom stereocenters. The molecule has 4 rings (SSSR count). The highest BCUT2D eigenvalue weighted by atomic mass is 16.7. The van der Waals surface area contributed by atoms with Crippen LogP contribution in [0.1, 0.15) is 15.9 Å². The van der Waals surface area contributed by atoms with Crippen LogP contribution in [0.25, 0.3) is 11.0 Å². The minimum atomic E-state index is -0.525. The van der Waals surface area contributed by atoms with Crippen molar-refractivity contribution in [2.24, 2.45) is 5.73 Å². The maximum absolute atomic E-state index is 11.8. The number of rotatable bonds is 5. The van der Waals surface area contributed by atoms with Gasteiger partial charge in [0.25, 0.3) is 5.91 Å². The number of anilines is 2. The summed E-state index contributed by atoms with van der Waals surface area (Å²) < 4.78 is 0. The Bertz CT molecular complexity index is 1140. The molecular formula is C20H17N5O2. The molecule has 27 heavy (non-hydrogen) atoms. The van der Waals surface area contributed by atoms with E-state index in [-0.39, 0.29) is 0 Å². The van der Waals surface area contributed by atoms with Gasteiger partial charge in [0.2, 0.25) is 0 Å². The topological polar surface area (TPSA) is 95.1 Å². The molecule has 4 aromatic rings. The van der Waals surface area contributed by atoms with Gasteiger partial charge < -0.3 is 15.9 Å². The van der Waals surface area contributed by atoms with E-state index in [9.17, 15) is 4.79 Å². The Morgan fingerprint density at radius 3 is 2.74 bits per heavy atom. The van der Waals surface area contributed by atoms with E-state index in [0.717, 1.165) is 22.3 Å². The van der Waals surface area contributed by atoms with Gasteiger partial charge in [-0.3, -0.25) is 4.79 Å². The van der Waals surface area contributed by atoms with Crippen LogP contribution in [0.4, 0.5) is 11.4 Å². The summed E-state index contributed by atoms with van der Waals surface area (Å²) in [5, 5.41) is 11.3. The molecule has 0 saturated heterocycles. The number of hydrogen-bond donors (Lipinski definition) is 2. The first kappa shape index (κ1) is 16.6. The molecule has 3 aromatic carbocycles. The number of aromatic nitrogens is 3. The van der Waals surface area contributed by atoms with Crippen molar-refractivity contribution in [1.82, 2.24) is 15.2 Å². The molecule has 7 nitrogen and oxygen atoms in total. The van der Waals surface area contributed by atoms with Crippen molar-refractivity contribution in [3.63, 3.8) is 0 Å². The molecule has 1 aromatic heterocycles. The number of hydrogen-bond acceptors (Lipinski definition) is 5. The first-order valence-electron chi connectivity index (χ1n) is 8.36. The third-order valence-corrected chi connectivity index (χ3v) is 4.07. The summed E-state index contributed by atoms with van der Waals surface area (Å²) in [5.74, 6) is -0.0336. The lowest BCUT2D eigenvalue weighted by Gasteiger charge is -2.13. The van der Waals surface area contributed by atoms with Crippen LogP contribution in [0.15, 0.2) is 66.7 Å². The number of amides is 1. The molecule has 0 aliphatic rings. The standard InChI is InChI=1S/C20H17N5O2/c1-13-5-4-6-14(11-13)22-18-12-15(9-10-16(18)20(21)26)27-25-19-8-3-2-7-17(19)23-24-25/h2-12,22H,1H3,(H2,21,26). The Morgan fingerprint density at radius 1 is 1.07 bits per heavy atom. The molecule has 0 radical (unpaired) electrons. The average Bonchev–Trinajstić information content (AvgIpc) is 3.05. The third-order valence-electron chi connectivity index (χ3n) is 4.07. The SMILES string of the molecule is Cc1cccc(Nc2cc(On3nnc4ccccc43)ccc2C(N)=O)c1. The predicted molar refractivity (Wildman–Crippen MR) is 103 cm³/mol. The molecule has 0 aliphatic carbocycles. The second-order valence-corrected chi connectivity index (χ2v) is 6.11. The quantitative estimate of drug-likeness (QED) is 0.569. The van der Waals surface area contributed by atoms with Crippen LogP contribution < -0.4 is 15.9 Å². The molecule has 1 heterocycles. The number of carbonyl (C=O) groups is 1. The zero-order chi connectivity index (χ0) is 18.8. The van der Waals surface area contributed by atoms with Crippen molar-refractivity contribution in [2.45, 2.75) is 6.92 Å². The van der Waals surface area contributed by atoms with Gasteiger partial charge in [0, 0.05) is 11.8 Å². The maximum Gasteiger partial charge on any atom is 0.250 e. The van der Waals surface area contributed by atoms with E-state index in [1.54, 1.807) is 18.2 Å². The number of nitrogens with one attached hydrogen (secondary N) is 1. The summed E-state index contributed by atoms with van der Waals surface area (Å²) in [7, 11) is 0. The Kier molecular flexibility index (Phi) is 4.18. The highest BCUT2D eigenvalue weighted by Crippen LogP contribution is 2.27. The van der Waals surface area contributed by atoms with Gasteiger partial charge in [-0.15, -0.1) is 5.10 Å². The summed E-state index contributed by atoms with van der Waals surface area (Å²) in [4.78, 5) is 19.0. The van der Waals surface area contributed by atoms with Gasteiger partial charge in [0.05, 0.1) is 11.3 Å². The summed E-state index contributed by atoms with van der Waals surface area (Å²) in [6.45, 7) is 2.00. The van der Waals surface area contributed by atoms with E-state index in [1.807, 2.05) is 55.5 Å². The number of para-hydroxylation sites is 1. The first-order valence-corrected chi connectivity index (χ1v) is 8.36. The minimum absolute atomic E-state index is 0.368. The fraction of sp³-hybridized carbons (Fsp3) is 0.0500. The predicted octanol–water partition coefficient (Wildman–Crippen LogP) is 3.42. The smallest absolute Gasteiger partial charge is 0.250 e. The molecule has 0 unspecified atom stereocenters. The summed E-state index contributed by atoms with van der Waals surface area (Å²) in [6.07, 6.45) is 0. The van der Waals surface area contributed by atoms with E-state index in [2.05, 4.69) is 15.6 Å². The van der Waals surface area contributed by atoms with Gasteiger partial charge in [-0.2, -0.15) is 0 Å². The van der Waals surface area contributed by atoms with Crippen LogP contribution in [0.5, 0.6) is 5.75 Å². The monoisotopic (exact) mass is 359 g/mol. The Hall–Kier alpha value is -3.87. The number of fused-ring (bicyclic) bond motifs is 1. The Morgan fingerprint density at radius 2 is 1.93 bits per heavy atom. The Labute approximate surface area is 155 Å². The minimum Gasteiger partial charge on any atom is -0.366 e. The van der Waals surface area contributed by atoms with Crippen molar-refractivity contribution in [1.29, 1.82) is 0 Å². The second kappa shape index (κ2) is 6.80. The lowest BCUT2D eigenvalue weighted by Crippen LogP contribution is -2.14. The number of nitrogens with zero attached hydrogens (tertiary/aromatic N) is 3. The van der Waals surface area contributed by atoms with Gasteiger partial charge in [0.15, 0.2) is 5.75 Å². The molecule has 0 fully saturated rings. The molecule has 0 aliphatic heterocycles. The van der Waals surface area contributed by atoms with E-state index < -0.39 is 5.91 Å². The summed E-state index contributed by atoms with van der Waals surface area (Å²) >= 11 is 0. The van der Waals surface area contributed by atoms with E-state index in [4.69, 9.17) is 10.6 Å². The number of nitrogens with two attached hydrogens (primary N) is 1. The van der Waals surface area contributed by atoms with Gasteiger partial charge in [-0.1, -0.05) is 29.1 Å². The van der Waals surface area contributed by atoms with Gasteiger partial charge in [-0.05, 0) is 54.1 Å². The van der Waals surface area contributed by atoms with Gasteiger partial charge in [-0.25, -0.2) is 0 Å². The largest absolute Gasteiger partial charge is 0.366 e. The van der Waals surface area contributed by atoms with Gasteiger partial charge in [0.1, 0.15) is 11.0 Å². The van der Waals surface area contributed by atoms with E-state index >= 15 is 0 Å². The summed E-state index contributed by atoms with van der Waals surface area (Å²) in [5.41, 5.74) is 9.84. The van der Waals surface area contributed by atoms with E-state index in [1.165, 1.54) is 4.85 Å². The number of benzene rings is 3. The third kappa shape index (κ3) is 3.43. The van der Waals surface area contributed by atoms with Crippen LogP contribution in [-0.2, 0) is 0 Å². The fourth-order valence-electron chi connectivity index (χ4n) is 2.79.